The normalized spacial score (nSPS) is 14.8. The Hall–Kier alpha value is -5.65. The molecule has 272 valence electrons. The van der Waals surface area contributed by atoms with Gasteiger partial charge in [-0.15, -0.1) is 6.58 Å². The van der Waals surface area contributed by atoms with Crippen molar-refractivity contribution < 1.29 is 52.6 Å². The van der Waals surface area contributed by atoms with Gasteiger partial charge in [0.25, 0.3) is 0 Å². The van der Waals surface area contributed by atoms with Gasteiger partial charge in [-0.1, -0.05) is 36.4 Å². The number of rotatable bonds is 18. The summed E-state index contributed by atoms with van der Waals surface area (Å²) in [6, 6.07) is 14.9. The third-order valence-corrected chi connectivity index (χ3v) is 8.54. The van der Waals surface area contributed by atoms with E-state index in [1.54, 1.807) is 62.8 Å². The number of aliphatic carboxylic acids is 1. The van der Waals surface area contributed by atoms with Gasteiger partial charge in [0.15, 0.2) is 29.6 Å². The molecular weight excluding hydrogens is 658 g/mol. The summed E-state index contributed by atoms with van der Waals surface area (Å²) in [7, 11) is 7.63. The second-order valence-electron chi connectivity index (χ2n) is 11.7. The lowest BCUT2D eigenvalue weighted by molar-refractivity contribution is -0.160. The molecule has 0 radical (unpaired) electrons. The summed E-state index contributed by atoms with van der Waals surface area (Å²) in [5.74, 6) is -0.0312. The summed E-state index contributed by atoms with van der Waals surface area (Å²) in [6.45, 7) is 3.55. The molecular formula is C39H45NO11. The number of carboxylic acid groups (broad SMARTS) is 1. The zero-order chi connectivity index (χ0) is 36.9. The minimum Gasteiger partial charge on any atom is -0.493 e. The maximum Gasteiger partial charge on any atom is 0.341 e. The van der Waals surface area contributed by atoms with Crippen molar-refractivity contribution in [2.45, 2.75) is 43.7 Å². The lowest BCUT2D eigenvalue weighted by Crippen LogP contribution is -2.49. The van der Waals surface area contributed by atoms with Crippen LogP contribution >= 0.6 is 0 Å². The number of carbonyl (C=O) groups is 3. The van der Waals surface area contributed by atoms with Crippen LogP contribution in [0.15, 0.2) is 79.4 Å². The molecule has 1 heterocycles. The molecule has 4 rings (SSSR count). The van der Waals surface area contributed by atoms with Gasteiger partial charge in [0, 0.05) is 6.54 Å². The summed E-state index contributed by atoms with van der Waals surface area (Å²) in [6.07, 6.45) is 6.00. The van der Waals surface area contributed by atoms with E-state index in [2.05, 4.69) is 6.58 Å². The number of ether oxygens (including phenoxy) is 7. The standard InChI is InChI=1S/C39H45NO11/c1-7-11-29(27-22-34(47-4)37(49-6)35(23-27)48-5)38(43)40-19-9-8-14-30(40)39(44)51-31(26-12-10-13-28(21-26)50-24-36(41)42)17-15-25-16-18-32(45-2)33(20-25)46-3/h7-10,12-13,16,18,20-23,29-31H,1,11,14-15,17,19,24H2,2-6H3,(H,41,42)/t29?,30-,31?/m0/s1. The van der Waals surface area contributed by atoms with Crippen LogP contribution in [-0.2, 0) is 25.5 Å². The zero-order valence-electron chi connectivity index (χ0n) is 29.6. The fourth-order valence-electron chi connectivity index (χ4n) is 5.98. The van der Waals surface area contributed by atoms with Gasteiger partial charge in [-0.25, -0.2) is 9.59 Å². The monoisotopic (exact) mass is 703 g/mol. The number of carbonyl (C=O) groups excluding carboxylic acids is 2. The molecule has 3 aromatic carbocycles. The van der Waals surface area contributed by atoms with E-state index in [0.717, 1.165) is 5.56 Å². The van der Waals surface area contributed by atoms with Crippen molar-refractivity contribution in [3.8, 4) is 34.5 Å². The van der Waals surface area contributed by atoms with Crippen molar-refractivity contribution in [3.63, 3.8) is 0 Å². The van der Waals surface area contributed by atoms with Gasteiger partial charge in [0.1, 0.15) is 17.9 Å². The van der Waals surface area contributed by atoms with E-state index in [1.807, 2.05) is 24.3 Å². The number of allylic oxidation sites excluding steroid dienone is 1. The maximum absolute atomic E-state index is 14.3. The van der Waals surface area contributed by atoms with E-state index in [-0.39, 0.29) is 25.3 Å². The average molecular weight is 704 g/mol. The highest BCUT2D eigenvalue weighted by Crippen LogP contribution is 2.41. The van der Waals surface area contributed by atoms with Crippen molar-refractivity contribution in [3.05, 3.63) is 96.1 Å². The Morgan fingerprint density at radius 3 is 2.20 bits per heavy atom. The van der Waals surface area contributed by atoms with Crippen molar-refractivity contribution in [1.82, 2.24) is 4.90 Å². The zero-order valence-corrected chi connectivity index (χ0v) is 29.6. The first-order valence-corrected chi connectivity index (χ1v) is 16.4. The van der Waals surface area contributed by atoms with Crippen LogP contribution in [0.4, 0.5) is 0 Å². The fourth-order valence-corrected chi connectivity index (χ4v) is 5.98. The minimum absolute atomic E-state index is 0.200. The Morgan fingerprint density at radius 1 is 0.863 bits per heavy atom. The third kappa shape index (κ3) is 9.53. The number of carboxylic acids is 1. The topological polar surface area (TPSA) is 139 Å². The number of methoxy groups -OCH3 is 5. The number of aryl methyl sites for hydroxylation is 1. The van der Waals surface area contributed by atoms with Crippen LogP contribution in [0.1, 0.15) is 48.0 Å². The Labute approximate surface area is 298 Å². The second-order valence-corrected chi connectivity index (χ2v) is 11.7. The first-order chi connectivity index (χ1) is 24.7. The van der Waals surface area contributed by atoms with Crippen LogP contribution in [0.3, 0.4) is 0 Å². The smallest absolute Gasteiger partial charge is 0.341 e. The van der Waals surface area contributed by atoms with Crippen LogP contribution in [0.5, 0.6) is 34.5 Å². The molecule has 3 aromatic rings. The summed E-state index contributed by atoms with van der Waals surface area (Å²) in [5.41, 5.74) is 2.14. The van der Waals surface area contributed by atoms with Crippen LogP contribution in [0.25, 0.3) is 0 Å². The van der Waals surface area contributed by atoms with Gasteiger partial charge in [0.2, 0.25) is 11.7 Å². The van der Waals surface area contributed by atoms with E-state index < -0.39 is 36.6 Å². The Balaban J connectivity index is 1.64. The minimum atomic E-state index is -1.12. The molecule has 1 amide bonds. The molecule has 0 aromatic heterocycles. The average Bonchev–Trinajstić information content (AvgIpc) is 3.16. The fraction of sp³-hybridized carbons (Fsp3) is 0.359. The Kier molecular flexibility index (Phi) is 13.7. The maximum atomic E-state index is 14.3. The number of esters is 1. The highest BCUT2D eigenvalue weighted by molar-refractivity contribution is 5.90. The van der Waals surface area contributed by atoms with Gasteiger partial charge in [0.05, 0.1) is 41.5 Å². The molecule has 12 nitrogen and oxygen atoms in total. The molecule has 0 saturated heterocycles. The molecule has 0 saturated carbocycles. The number of hydrogen-bond donors (Lipinski definition) is 1. The highest BCUT2D eigenvalue weighted by atomic mass is 16.5. The molecule has 51 heavy (non-hydrogen) atoms. The number of nitrogens with zero attached hydrogens (tertiary/aromatic N) is 1. The van der Waals surface area contributed by atoms with E-state index in [4.69, 9.17) is 38.3 Å². The van der Waals surface area contributed by atoms with E-state index in [9.17, 15) is 14.4 Å². The molecule has 3 atom stereocenters. The third-order valence-electron chi connectivity index (χ3n) is 8.54. The van der Waals surface area contributed by atoms with Crippen molar-refractivity contribution in [2.24, 2.45) is 0 Å². The molecule has 0 aliphatic carbocycles. The van der Waals surface area contributed by atoms with Crippen molar-refractivity contribution in [2.75, 3.05) is 48.7 Å². The summed E-state index contributed by atoms with van der Waals surface area (Å²) < 4.78 is 39.0. The van der Waals surface area contributed by atoms with Gasteiger partial charge in [-0.3, -0.25) is 4.79 Å². The second kappa shape index (κ2) is 18.4. The quantitative estimate of drug-likeness (QED) is 0.125. The first-order valence-electron chi connectivity index (χ1n) is 16.4. The largest absolute Gasteiger partial charge is 0.493 e. The molecule has 2 unspecified atom stereocenters. The Bertz CT molecular complexity index is 1690. The van der Waals surface area contributed by atoms with Gasteiger partial charge < -0.3 is 43.2 Å². The van der Waals surface area contributed by atoms with Crippen molar-refractivity contribution in [1.29, 1.82) is 0 Å². The molecule has 0 bridgehead atoms. The van der Waals surface area contributed by atoms with Gasteiger partial charge >= 0.3 is 11.9 Å². The van der Waals surface area contributed by atoms with Crippen LogP contribution < -0.4 is 28.4 Å². The predicted molar refractivity (Wildman–Crippen MR) is 189 cm³/mol. The van der Waals surface area contributed by atoms with Crippen LogP contribution in [0, 0.1) is 0 Å². The Morgan fingerprint density at radius 2 is 1.57 bits per heavy atom. The summed E-state index contributed by atoms with van der Waals surface area (Å²) in [4.78, 5) is 41.1. The molecule has 1 aliphatic rings. The molecule has 1 N–H and O–H groups in total. The molecule has 12 heteroatoms. The molecule has 0 fully saturated rings. The number of benzene rings is 3. The van der Waals surface area contributed by atoms with Gasteiger partial charge in [-0.05, 0) is 78.8 Å². The molecule has 0 spiro atoms. The van der Waals surface area contributed by atoms with Crippen molar-refractivity contribution >= 4 is 17.8 Å². The molecule has 1 aliphatic heterocycles. The van der Waals surface area contributed by atoms with Crippen LogP contribution in [0.2, 0.25) is 0 Å². The van der Waals surface area contributed by atoms with Gasteiger partial charge in [-0.2, -0.15) is 0 Å². The number of amides is 1. The lowest BCUT2D eigenvalue weighted by atomic mass is 9.92. The lowest BCUT2D eigenvalue weighted by Gasteiger charge is -2.35. The number of hydrogen-bond acceptors (Lipinski definition) is 10. The van der Waals surface area contributed by atoms with E-state index in [1.165, 1.54) is 26.2 Å². The summed E-state index contributed by atoms with van der Waals surface area (Å²) >= 11 is 0. The first kappa shape index (κ1) is 38.2. The predicted octanol–water partition coefficient (Wildman–Crippen LogP) is 5.93. The van der Waals surface area contributed by atoms with Crippen LogP contribution in [-0.4, -0.2) is 82.6 Å². The highest BCUT2D eigenvalue weighted by Gasteiger charge is 2.37. The van der Waals surface area contributed by atoms with E-state index >= 15 is 0 Å². The van der Waals surface area contributed by atoms with E-state index in [0.29, 0.717) is 58.5 Å². The summed E-state index contributed by atoms with van der Waals surface area (Å²) in [5, 5.41) is 9.12. The SMILES string of the molecule is C=CCC(C(=O)N1CC=CC[C@H]1C(=O)OC(CCc1ccc(OC)c(OC)c1)c1cccc(OCC(=O)O)c1)c1cc(OC)c(OC)c(OC)c1.